The molecule has 0 aliphatic heterocycles. The third-order valence-corrected chi connectivity index (χ3v) is 2.49. The number of nitrogens with zero attached hydrogens (tertiary/aromatic N) is 1. The fourth-order valence-electron chi connectivity index (χ4n) is 1.11. The molecule has 0 fully saturated rings. The van der Waals surface area contributed by atoms with Gasteiger partial charge in [-0.2, -0.15) is 0 Å². The Hall–Kier alpha value is -1.22. The molecule has 0 aliphatic carbocycles. The topological polar surface area (TPSA) is 40.5 Å². The standard InChI is InChI=1S/C10H12ClNO2/c1-7(10(13)14)12(2)9-6-4-3-5-8(9)11/h3-7H,1-2H3,(H,13,14). The first kappa shape index (κ1) is 10.9. The first-order valence-corrected chi connectivity index (χ1v) is 4.62. The van der Waals surface area contributed by atoms with Crippen molar-refractivity contribution in [1.82, 2.24) is 0 Å². The maximum Gasteiger partial charge on any atom is 0.326 e. The first-order chi connectivity index (χ1) is 6.54. The Morgan fingerprint density at radius 1 is 1.50 bits per heavy atom. The lowest BCUT2D eigenvalue weighted by atomic mass is 10.2. The molecule has 3 nitrogen and oxygen atoms in total. The minimum atomic E-state index is -0.868. The summed E-state index contributed by atoms with van der Waals surface area (Å²) in [6, 6.07) is 6.58. The van der Waals surface area contributed by atoms with Crippen molar-refractivity contribution < 1.29 is 9.90 Å². The van der Waals surface area contributed by atoms with Crippen LogP contribution in [0.3, 0.4) is 0 Å². The molecule has 0 amide bonds. The second-order valence-electron chi connectivity index (χ2n) is 3.08. The van der Waals surface area contributed by atoms with Crippen molar-refractivity contribution in [1.29, 1.82) is 0 Å². The zero-order chi connectivity index (χ0) is 10.7. The summed E-state index contributed by atoms with van der Waals surface area (Å²) in [6.07, 6.45) is 0. The number of hydrogen-bond acceptors (Lipinski definition) is 2. The number of benzene rings is 1. The van der Waals surface area contributed by atoms with E-state index in [0.29, 0.717) is 5.02 Å². The number of likely N-dealkylation sites (N-methyl/N-ethyl adjacent to an activating group) is 1. The van der Waals surface area contributed by atoms with Gasteiger partial charge in [-0.3, -0.25) is 0 Å². The molecular formula is C10H12ClNO2. The van der Waals surface area contributed by atoms with E-state index >= 15 is 0 Å². The highest BCUT2D eigenvalue weighted by molar-refractivity contribution is 6.33. The largest absolute Gasteiger partial charge is 0.480 e. The number of aliphatic carboxylic acids is 1. The number of para-hydroxylation sites is 1. The van der Waals surface area contributed by atoms with Gasteiger partial charge in [0.05, 0.1) is 10.7 Å². The predicted molar refractivity (Wildman–Crippen MR) is 57.0 cm³/mol. The molecule has 1 aromatic carbocycles. The van der Waals surface area contributed by atoms with Gasteiger partial charge in [0.2, 0.25) is 0 Å². The molecule has 1 unspecified atom stereocenters. The van der Waals surface area contributed by atoms with Crippen molar-refractivity contribution >= 4 is 23.3 Å². The van der Waals surface area contributed by atoms with E-state index in [1.54, 1.807) is 31.0 Å². The summed E-state index contributed by atoms with van der Waals surface area (Å²) in [5.74, 6) is -0.868. The first-order valence-electron chi connectivity index (χ1n) is 4.24. The summed E-state index contributed by atoms with van der Waals surface area (Å²) in [7, 11) is 1.71. The molecule has 4 heteroatoms. The maximum absolute atomic E-state index is 10.7. The van der Waals surface area contributed by atoms with Gasteiger partial charge in [0.15, 0.2) is 0 Å². The van der Waals surface area contributed by atoms with Crippen molar-refractivity contribution in [3.8, 4) is 0 Å². The van der Waals surface area contributed by atoms with E-state index in [-0.39, 0.29) is 0 Å². The highest BCUT2D eigenvalue weighted by Gasteiger charge is 2.18. The van der Waals surface area contributed by atoms with Crippen molar-refractivity contribution in [2.75, 3.05) is 11.9 Å². The van der Waals surface area contributed by atoms with Gasteiger partial charge in [-0.05, 0) is 19.1 Å². The van der Waals surface area contributed by atoms with Gasteiger partial charge < -0.3 is 10.0 Å². The SMILES string of the molecule is CC(C(=O)O)N(C)c1ccccc1Cl. The van der Waals surface area contributed by atoms with E-state index < -0.39 is 12.0 Å². The van der Waals surface area contributed by atoms with Gasteiger partial charge in [-0.1, -0.05) is 23.7 Å². The number of carboxylic acids is 1. The van der Waals surface area contributed by atoms with Crippen LogP contribution >= 0.6 is 11.6 Å². The molecule has 0 heterocycles. The van der Waals surface area contributed by atoms with Gasteiger partial charge in [-0.25, -0.2) is 4.79 Å². The Morgan fingerprint density at radius 2 is 2.07 bits per heavy atom. The molecule has 0 saturated carbocycles. The predicted octanol–water partition coefficient (Wildman–Crippen LogP) is 2.25. The molecule has 0 radical (unpaired) electrons. The number of carbonyl (C=O) groups is 1. The minimum Gasteiger partial charge on any atom is -0.480 e. The highest BCUT2D eigenvalue weighted by Crippen LogP contribution is 2.25. The van der Waals surface area contributed by atoms with Gasteiger partial charge in [0.1, 0.15) is 6.04 Å². The molecule has 1 atom stereocenters. The van der Waals surface area contributed by atoms with E-state index in [4.69, 9.17) is 16.7 Å². The number of anilines is 1. The van der Waals surface area contributed by atoms with Crippen LogP contribution in [-0.2, 0) is 4.79 Å². The zero-order valence-corrected chi connectivity index (χ0v) is 8.82. The Labute approximate surface area is 87.9 Å². The van der Waals surface area contributed by atoms with Crippen molar-refractivity contribution in [2.45, 2.75) is 13.0 Å². The van der Waals surface area contributed by atoms with Crippen LogP contribution in [0.5, 0.6) is 0 Å². The molecule has 0 saturated heterocycles. The average molecular weight is 214 g/mol. The van der Waals surface area contributed by atoms with Crippen LogP contribution < -0.4 is 4.90 Å². The van der Waals surface area contributed by atoms with E-state index in [1.807, 2.05) is 12.1 Å². The normalized spacial score (nSPS) is 12.2. The van der Waals surface area contributed by atoms with Crippen LogP contribution in [0.2, 0.25) is 5.02 Å². The van der Waals surface area contributed by atoms with Crippen molar-refractivity contribution in [3.63, 3.8) is 0 Å². The summed E-state index contributed by atoms with van der Waals surface area (Å²) in [5.41, 5.74) is 0.726. The molecule has 0 spiro atoms. The lowest BCUT2D eigenvalue weighted by Crippen LogP contribution is -2.35. The van der Waals surface area contributed by atoms with Crippen molar-refractivity contribution in [3.05, 3.63) is 29.3 Å². The van der Waals surface area contributed by atoms with Gasteiger partial charge in [-0.15, -0.1) is 0 Å². The third kappa shape index (κ3) is 2.17. The summed E-state index contributed by atoms with van der Waals surface area (Å²) < 4.78 is 0. The summed E-state index contributed by atoms with van der Waals surface area (Å²) >= 11 is 5.93. The van der Waals surface area contributed by atoms with Gasteiger partial charge >= 0.3 is 5.97 Å². The molecule has 1 aromatic rings. The fourth-order valence-corrected chi connectivity index (χ4v) is 1.38. The quantitative estimate of drug-likeness (QED) is 0.837. The van der Waals surface area contributed by atoms with Crippen LogP contribution in [0.25, 0.3) is 0 Å². The summed E-state index contributed by atoms with van der Waals surface area (Å²) in [4.78, 5) is 12.4. The summed E-state index contributed by atoms with van der Waals surface area (Å²) in [5, 5.41) is 9.38. The summed E-state index contributed by atoms with van der Waals surface area (Å²) in [6.45, 7) is 1.62. The molecule has 0 aliphatic rings. The monoisotopic (exact) mass is 213 g/mol. The molecule has 0 bridgehead atoms. The third-order valence-electron chi connectivity index (χ3n) is 2.17. The fraction of sp³-hybridized carbons (Fsp3) is 0.300. The Morgan fingerprint density at radius 3 is 2.57 bits per heavy atom. The minimum absolute atomic E-state index is 0.558. The van der Waals surface area contributed by atoms with E-state index in [0.717, 1.165) is 5.69 Å². The second kappa shape index (κ2) is 4.33. The van der Waals surface area contributed by atoms with Crippen LogP contribution in [0.15, 0.2) is 24.3 Å². The van der Waals surface area contributed by atoms with Crippen LogP contribution in [0.4, 0.5) is 5.69 Å². The van der Waals surface area contributed by atoms with Crippen molar-refractivity contribution in [2.24, 2.45) is 0 Å². The Bertz CT molecular complexity index is 341. The smallest absolute Gasteiger partial charge is 0.326 e. The van der Waals surface area contributed by atoms with E-state index in [1.165, 1.54) is 0 Å². The second-order valence-corrected chi connectivity index (χ2v) is 3.48. The molecule has 1 N–H and O–H groups in total. The Balaban J connectivity index is 2.94. The molecular weight excluding hydrogens is 202 g/mol. The van der Waals surface area contributed by atoms with Crippen LogP contribution in [-0.4, -0.2) is 24.2 Å². The molecule has 0 aromatic heterocycles. The lowest BCUT2D eigenvalue weighted by Gasteiger charge is -2.24. The number of hydrogen-bond donors (Lipinski definition) is 1. The maximum atomic E-state index is 10.7. The number of rotatable bonds is 3. The molecule has 1 rings (SSSR count). The van der Waals surface area contributed by atoms with E-state index in [9.17, 15) is 4.79 Å². The van der Waals surface area contributed by atoms with E-state index in [2.05, 4.69) is 0 Å². The molecule has 14 heavy (non-hydrogen) atoms. The average Bonchev–Trinajstić information content (AvgIpc) is 2.16. The number of halogens is 1. The van der Waals surface area contributed by atoms with Crippen LogP contribution in [0.1, 0.15) is 6.92 Å². The highest BCUT2D eigenvalue weighted by atomic mass is 35.5. The Kier molecular flexibility index (Phi) is 3.36. The van der Waals surface area contributed by atoms with Gasteiger partial charge in [0.25, 0.3) is 0 Å². The number of carboxylic acid groups (broad SMARTS) is 1. The molecule has 76 valence electrons. The lowest BCUT2D eigenvalue weighted by molar-refractivity contribution is -0.138. The van der Waals surface area contributed by atoms with Gasteiger partial charge in [0, 0.05) is 7.05 Å². The zero-order valence-electron chi connectivity index (χ0n) is 8.07. The van der Waals surface area contributed by atoms with Crippen LogP contribution in [0, 0.1) is 0 Å².